The number of benzene rings is 3. The highest BCUT2D eigenvalue weighted by molar-refractivity contribution is 5.87. The van der Waals surface area contributed by atoms with Gasteiger partial charge >= 0.3 is 12.1 Å². The lowest BCUT2D eigenvalue weighted by Crippen LogP contribution is -2.59. The van der Waals surface area contributed by atoms with Crippen molar-refractivity contribution in [3.63, 3.8) is 0 Å². The molecular formula is C41H58N4O7. The van der Waals surface area contributed by atoms with Gasteiger partial charge in [0.05, 0.1) is 11.6 Å². The number of carbonyl (C=O) groups is 4. The number of rotatable bonds is 18. The maximum atomic E-state index is 12.6. The Morgan fingerprint density at radius 1 is 0.846 bits per heavy atom. The molecule has 0 aliphatic rings. The molecule has 0 spiro atoms. The van der Waals surface area contributed by atoms with Crippen molar-refractivity contribution >= 4 is 23.9 Å². The molecule has 3 aromatic rings. The van der Waals surface area contributed by atoms with Crippen LogP contribution in [0.4, 0.5) is 4.79 Å². The van der Waals surface area contributed by atoms with Crippen LogP contribution in [0.3, 0.4) is 0 Å². The zero-order chi connectivity index (χ0) is 38.8. The molecule has 0 heterocycles. The van der Waals surface area contributed by atoms with Crippen molar-refractivity contribution in [1.82, 2.24) is 10.6 Å². The summed E-state index contributed by atoms with van der Waals surface area (Å²) in [4.78, 5) is 48.2. The van der Waals surface area contributed by atoms with Gasteiger partial charge in [0.15, 0.2) is 0 Å². The van der Waals surface area contributed by atoms with Crippen LogP contribution < -0.4 is 22.1 Å². The first-order chi connectivity index (χ1) is 24.5. The lowest BCUT2D eigenvalue weighted by molar-refractivity contribution is -0.151. The number of aliphatic carboxylic acids is 1. The van der Waals surface area contributed by atoms with E-state index in [1.54, 1.807) is 20.8 Å². The molecule has 0 radical (unpaired) electrons. The first-order valence-corrected chi connectivity index (χ1v) is 17.9. The molecule has 1 unspecified atom stereocenters. The van der Waals surface area contributed by atoms with E-state index in [1.165, 1.54) is 6.92 Å². The van der Waals surface area contributed by atoms with E-state index in [9.17, 15) is 29.4 Å². The van der Waals surface area contributed by atoms with Crippen molar-refractivity contribution in [3.8, 4) is 11.1 Å². The van der Waals surface area contributed by atoms with E-state index in [0.29, 0.717) is 25.7 Å². The molecule has 0 fully saturated rings. The summed E-state index contributed by atoms with van der Waals surface area (Å²) in [6.45, 7) is 8.42. The van der Waals surface area contributed by atoms with Crippen molar-refractivity contribution in [3.05, 3.63) is 96.1 Å². The van der Waals surface area contributed by atoms with Crippen LogP contribution in [0.25, 0.3) is 11.1 Å². The maximum absolute atomic E-state index is 12.6. The number of aryl methyl sites for hydroxylation is 1. The van der Waals surface area contributed by atoms with Crippen molar-refractivity contribution in [2.45, 2.75) is 115 Å². The zero-order valence-electron chi connectivity index (χ0n) is 31.3. The number of alkyl carbamates (subject to hydrolysis) is 1. The van der Waals surface area contributed by atoms with Crippen molar-refractivity contribution in [2.75, 3.05) is 6.54 Å². The minimum atomic E-state index is -1.67. The SMILES string of the molecule is CCCCCC(=O)N[C@](CCCc1ccccc1)(C[C@](C)(O)CNC(=O)OC(C)(C)C)C(=O)O.NC(=O)C(N)Cc1ccccc1-c1ccccc1. The molecule has 0 bridgehead atoms. The van der Waals surface area contributed by atoms with E-state index < -0.39 is 40.8 Å². The molecule has 3 amide bonds. The molecule has 0 saturated heterocycles. The van der Waals surface area contributed by atoms with Gasteiger partial charge in [-0.2, -0.15) is 0 Å². The summed E-state index contributed by atoms with van der Waals surface area (Å²) in [5, 5.41) is 26.4. The van der Waals surface area contributed by atoms with Gasteiger partial charge in [-0.1, -0.05) is 105 Å². The van der Waals surface area contributed by atoms with Gasteiger partial charge in [0.2, 0.25) is 11.8 Å². The highest BCUT2D eigenvalue weighted by Gasteiger charge is 2.45. The lowest BCUT2D eigenvalue weighted by Gasteiger charge is -2.37. The molecule has 11 heteroatoms. The number of ether oxygens (including phenoxy) is 1. The number of carboxylic acids is 1. The Hall–Kier alpha value is -4.74. The van der Waals surface area contributed by atoms with E-state index in [4.69, 9.17) is 16.2 Å². The normalized spacial score (nSPS) is 14.0. The molecule has 284 valence electrons. The summed E-state index contributed by atoms with van der Waals surface area (Å²) in [6.07, 6.45) is 3.47. The molecular weight excluding hydrogens is 660 g/mol. The molecule has 0 aromatic heterocycles. The third-order valence-corrected chi connectivity index (χ3v) is 8.31. The van der Waals surface area contributed by atoms with Crippen LogP contribution in [0.15, 0.2) is 84.9 Å². The number of carboxylic acid groups (broad SMARTS) is 1. The van der Waals surface area contributed by atoms with Gasteiger partial charge in [-0.15, -0.1) is 0 Å². The van der Waals surface area contributed by atoms with E-state index in [1.807, 2.05) is 91.9 Å². The first kappa shape index (κ1) is 43.4. The Kier molecular flexibility index (Phi) is 17.5. The molecule has 52 heavy (non-hydrogen) atoms. The summed E-state index contributed by atoms with van der Waals surface area (Å²) >= 11 is 0. The minimum Gasteiger partial charge on any atom is -0.480 e. The highest BCUT2D eigenvalue weighted by atomic mass is 16.6. The van der Waals surface area contributed by atoms with Crippen molar-refractivity contribution in [1.29, 1.82) is 0 Å². The van der Waals surface area contributed by atoms with E-state index in [2.05, 4.69) is 10.6 Å². The van der Waals surface area contributed by atoms with Gasteiger partial charge in [0.1, 0.15) is 11.1 Å². The average molecular weight is 719 g/mol. The van der Waals surface area contributed by atoms with Crippen LogP contribution in [-0.2, 0) is 32.0 Å². The van der Waals surface area contributed by atoms with Gasteiger partial charge in [-0.25, -0.2) is 9.59 Å². The fraction of sp³-hybridized carbons (Fsp3) is 0.463. The fourth-order valence-electron chi connectivity index (χ4n) is 5.76. The Morgan fingerprint density at radius 3 is 2.02 bits per heavy atom. The lowest BCUT2D eigenvalue weighted by atomic mass is 9.80. The smallest absolute Gasteiger partial charge is 0.407 e. The summed E-state index contributed by atoms with van der Waals surface area (Å²) < 4.78 is 5.20. The fourth-order valence-corrected chi connectivity index (χ4v) is 5.76. The van der Waals surface area contributed by atoms with E-state index in [0.717, 1.165) is 35.1 Å². The second-order valence-corrected chi connectivity index (χ2v) is 14.5. The number of unbranched alkanes of at least 4 members (excludes halogenated alkanes) is 2. The monoisotopic (exact) mass is 718 g/mol. The van der Waals surface area contributed by atoms with Gasteiger partial charge in [0, 0.05) is 19.4 Å². The van der Waals surface area contributed by atoms with E-state index in [-0.39, 0.29) is 31.7 Å². The standard InChI is InChI=1S/C26H42N2O6.C15H16N2O/c1-6-7-9-16-21(29)28-26(22(30)31,17-12-15-20-13-10-8-11-14-20)18-25(5,33)19-27-23(32)34-24(2,3)4;16-14(15(17)18)10-12-8-4-5-9-13(12)11-6-2-1-3-7-11/h8,10-11,13-14,33H,6-7,9,12,15-19H2,1-5H3,(H,27,32)(H,28,29)(H,30,31);1-9,14H,10,16H2,(H2,17,18)/t25-,26+;/m0./s1. The summed E-state index contributed by atoms with van der Waals surface area (Å²) in [7, 11) is 0. The summed E-state index contributed by atoms with van der Waals surface area (Å²) in [5.41, 5.74) is 11.3. The van der Waals surface area contributed by atoms with Gasteiger partial charge in [-0.3, -0.25) is 9.59 Å². The van der Waals surface area contributed by atoms with Crippen LogP contribution >= 0.6 is 0 Å². The number of carbonyl (C=O) groups excluding carboxylic acids is 3. The molecule has 3 aromatic carbocycles. The number of primary amides is 1. The minimum absolute atomic E-state index is 0.138. The Labute approximate surface area is 308 Å². The first-order valence-electron chi connectivity index (χ1n) is 17.9. The number of hydrogen-bond acceptors (Lipinski definition) is 7. The summed E-state index contributed by atoms with van der Waals surface area (Å²) in [6, 6.07) is 27.0. The van der Waals surface area contributed by atoms with Gasteiger partial charge in [-0.05, 0) is 82.1 Å². The van der Waals surface area contributed by atoms with Gasteiger partial charge < -0.3 is 37.1 Å². The second kappa shape index (κ2) is 20.9. The number of amides is 3. The average Bonchev–Trinajstić information content (AvgIpc) is 3.08. The number of aliphatic hydroxyl groups is 1. The third kappa shape index (κ3) is 16.1. The van der Waals surface area contributed by atoms with Crippen molar-refractivity contribution < 1.29 is 34.1 Å². The van der Waals surface area contributed by atoms with Crippen LogP contribution in [0.2, 0.25) is 0 Å². The Balaban J connectivity index is 0.000000432. The quantitative estimate of drug-likeness (QED) is 0.0875. The number of nitrogens with two attached hydrogens (primary N) is 2. The molecule has 8 N–H and O–H groups in total. The maximum Gasteiger partial charge on any atom is 0.407 e. The van der Waals surface area contributed by atoms with Crippen LogP contribution in [0.5, 0.6) is 0 Å². The Bertz CT molecular complexity index is 1560. The third-order valence-electron chi connectivity index (χ3n) is 8.31. The predicted molar refractivity (Wildman–Crippen MR) is 204 cm³/mol. The molecule has 11 nitrogen and oxygen atoms in total. The van der Waals surface area contributed by atoms with E-state index >= 15 is 0 Å². The topological polar surface area (TPSA) is 194 Å². The Morgan fingerprint density at radius 2 is 1.44 bits per heavy atom. The van der Waals surface area contributed by atoms with Crippen molar-refractivity contribution in [2.24, 2.45) is 11.5 Å². The molecule has 0 aliphatic heterocycles. The summed E-state index contributed by atoms with van der Waals surface area (Å²) in [5.74, 6) is -2.04. The largest absolute Gasteiger partial charge is 0.480 e. The zero-order valence-corrected chi connectivity index (χ0v) is 31.3. The number of hydrogen-bond donors (Lipinski definition) is 6. The highest BCUT2D eigenvalue weighted by Crippen LogP contribution is 2.28. The number of nitrogens with one attached hydrogen (secondary N) is 2. The molecule has 3 rings (SSSR count). The van der Waals surface area contributed by atoms with Gasteiger partial charge in [0.25, 0.3) is 0 Å². The predicted octanol–water partition coefficient (Wildman–Crippen LogP) is 5.90. The van der Waals surface area contributed by atoms with Crippen LogP contribution in [0, 0.1) is 0 Å². The molecule has 0 saturated carbocycles. The van der Waals surface area contributed by atoms with Crippen LogP contribution in [-0.4, -0.2) is 63.4 Å². The second-order valence-electron chi connectivity index (χ2n) is 14.5. The molecule has 3 atom stereocenters. The molecule has 0 aliphatic carbocycles. The van der Waals surface area contributed by atoms with Crippen LogP contribution in [0.1, 0.15) is 90.7 Å².